The van der Waals surface area contributed by atoms with Gasteiger partial charge in [0.15, 0.2) is 0 Å². The maximum absolute atomic E-state index is 12.9. The summed E-state index contributed by atoms with van der Waals surface area (Å²) in [6, 6.07) is 9.85. The van der Waals surface area contributed by atoms with E-state index in [0.717, 1.165) is 42.0 Å². The number of aliphatic hydroxyl groups is 1. The Kier molecular flexibility index (Phi) is 4.69. The molecule has 0 saturated carbocycles. The number of likely N-dealkylation sites (tertiary alicyclic amines) is 1. The second-order valence-electron chi connectivity index (χ2n) is 7.47. The van der Waals surface area contributed by atoms with Gasteiger partial charge in [0, 0.05) is 17.8 Å². The Morgan fingerprint density at radius 3 is 2.60 bits per heavy atom. The first-order chi connectivity index (χ1) is 11.8. The van der Waals surface area contributed by atoms with E-state index in [2.05, 4.69) is 5.10 Å². The molecule has 5 heteroatoms. The van der Waals surface area contributed by atoms with Gasteiger partial charge in [0.2, 0.25) is 5.91 Å². The summed E-state index contributed by atoms with van der Waals surface area (Å²) in [6.45, 7) is 8.25. The smallest absolute Gasteiger partial charge is 0.227 e. The molecular formula is C20H27N3O2. The number of carbonyl (C=O) groups excluding carboxylic acids is 1. The Bertz CT molecular complexity index is 759. The molecule has 5 nitrogen and oxygen atoms in total. The van der Waals surface area contributed by atoms with Gasteiger partial charge in [0.05, 0.1) is 29.4 Å². The molecule has 1 aliphatic rings. The molecule has 0 aliphatic carbocycles. The highest BCUT2D eigenvalue weighted by atomic mass is 16.3. The molecule has 1 unspecified atom stereocenters. The predicted molar refractivity (Wildman–Crippen MR) is 97.8 cm³/mol. The van der Waals surface area contributed by atoms with E-state index in [1.807, 2.05) is 53.8 Å². The number of amides is 1. The lowest BCUT2D eigenvalue weighted by Crippen LogP contribution is -2.48. The molecule has 1 amide bonds. The van der Waals surface area contributed by atoms with Crippen molar-refractivity contribution in [3.05, 3.63) is 47.3 Å². The fourth-order valence-electron chi connectivity index (χ4n) is 3.80. The molecule has 3 rings (SSSR count). The van der Waals surface area contributed by atoms with Gasteiger partial charge in [-0.1, -0.05) is 18.2 Å². The van der Waals surface area contributed by atoms with Gasteiger partial charge >= 0.3 is 0 Å². The molecule has 2 aromatic rings. The van der Waals surface area contributed by atoms with Crippen LogP contribution in [0.15, 0.2) is 30.3 Å². The van der Waals surface area contributed by atoms with Crippen molar-refractivity contribution < 1.29 is 9.90 Å². The SMILES string of the molecule is Cc1nn(-c2ccccc2)c(C)c1CC(=O)N1CCCC1C(C)(C)O. The van der Waals surface area contributed by atoms with E-state index < -0.39 is 5.60 Å². The zero-order chi connectivity index (χ0) is 18.2. The Labute approximate surface area is 149 Å². The molecule has 1 saturated heterocycles. The molecule has 0 bridgehead atoms. The Morgan fingerprint density at radius 2 is 1.96 bits per heavy atom. The van der Waals surface area contributed by atoms with Crippen LogP contribution in [0, 0.1) is 13.8 Å². The van der Waals surface area contributed by atoms with Crippen LogP contribution >= 0.6 is 0 Å². The first-order valence-corrected chi connectivity index (χ1v) is 8.91. The first-order valence-electron chi connectivity index (χ1n) is 8.91. The van der Waals surface area contributed by atoms with Crippen LogP contribution in [0.4, 0.5) is 0 Å². The summed E-state index contributed by atoms with van der Waals surface area (Å²) < 4.78 is 1.90. The van der Waals surface area contributed by atoms with Crippen molar-refractivity contribution in [2.24, 2.45) is 0 Å². The molecule has 2 heterocycles. The number of hydrogen-bond donors (Lipinski definition) is 1. The second-order valence-corrected chi connectivity index (χ2v) is 7.47. The van der Waals surface area contributed by atoms with Crippen molar-refractivity contribution in [2.45, 2.75) is 58.6 Å². The minimum Gasteiger partial charge on any atom is -0.388 e. The van der Waals surface area contributed by atoms with E-state index in [0.29, 0.717) is 6.42 Å². The molecule has 0 radical (unpaired) electrons. The average molecular weight is 341 g/mol. The number of nitrogens with zero attached hydrogens (tertiary/aromatic N) is 3. The van der Waals surface area contributed by atoms with Crippen LogP contribution in [-0.4, -0.2) is 43.9 Å². The summed E-state index contributed by atoms with van der Waals surface area (Å²) in [6.07, 6.45) is 2.13. The summed E-state index contributed by atoms with van der Waals surface area (Å²) >= 11 is 0. The van der Waals surface area contributed by atoms with Gasteiger partial charge in [0.25, 0.3) is 0 Å². The second kappa shape index (κ2) is 6.64. The molecule has 1 N–H and O–H groups in total. The number of hydrogen-bond acceptors (Lipinski definition) is 3. The molecule has 1 aliphatic heterocycles. The van der Waals surface area contributed by atoms with Gasteiger partial charge in [0.1, 0.15) is 0 Å². The molecule has 1 aromatic heterocycles. The maximum Gasteiger partial charge on any atom is 0.227 e. The molecule has 1 aromatic carbocycles. The van der Waals surface area contributed by atoms with E-state index in [9.17, 15) is 9.90 Å². The van der Waals surface area contributed by atoms with Gasteiger partial charge in [-0.15, -0.1) is 0 Å². The zero-order valence-electron chi connectivity index (χ0n) is 15.5. The van der Waals surface area contributed by atoms with E-state index in [1.54, 1.807) is 13.8 Å². The third-order valence-electron chi connectivity index (χ3n) is 5.16. The van der Waals surface area contributed by atoms with Gasteiger partial charge in [-0.25, -0.2) is 4.68 Å². The first kappa shape index (κ1) is 17.7. The van der Waals surface area contributed by atoms with Crippen LogP contribution in [0.1, 0.15) is 43.6 Å². The zero-order valence-corrected chi connectivity index (χ0v) is 15.5. The van der Waals surface area contributed by atoms with Gasteiger partial charge in [-0.3, -0.25) is 4.79 Å². The minimum absolute atomic E-state index is 0.0726. The number of aromatic nitrogens is 2. The van der Waals surface area contributed by atoms with Crippen molar-refractivity contribution in [1.82, 2.24) is 14.7 Å². The van der Waals surface area contributed by atoms with Crippen LogP contribution < -0.4 is 0 Å². The van der Waals surface area contributed by atoms with E-state index in [1.165, 1.54) is 0 Å². The van der Waals surface area contributed by atoms with Crippen molar-refractivity contribution >= 4 is 5.91 Å². The number of carbonyl (C=O) groups is 1. The van der Waals surface area contributed by atoms with Gasteiger partial charge in [-0.2, -0.15) is 5.10 Å². The third-order valence-corrected chi connectivity index (χ3v) is 5.16. The third kappa shape index (κ3) is 3.47. The molecule has 25 heavy (non-hydrogen) atoms. The Hall–Kier alpha value is -2.14. The molecular weight excluding hydrogens is 314 g/mol. The average Bonchev–Trinajstić information content (AvgIpc) is 3.16. The fourth-order valence-corrected chi connectivity index (χ4v) is 3.80. The predicted octanol–water partition coefficient (Wildman–Crippen LogP) is 2.79. The summed E-state index contributed by atoms with van der Waals surface area (Å²) in [5.41, 5.74) is 2.99. The highest BCUT2D eigenvalue weighted by Crippen LogP contribution is 2.28. The number of rotatable bonds is 4. The largest absolute Gasteiger partial charge is 0.388 e. The normalized spacial score (nSPS) is 18.0. The summed E-state index contributed by atoms with van der Waals surface area (Å²) in [5, 5.41) is 15.0. The van der Waals surface area contributed by atoms with Crippen LogP contribution in [0.3, 0.4) is 0 Å². The molecule has 134 valence electrons. The van der Waals surface area contributed by atoms with Crippen molar-refractivity contribution in [3.8, 4) is 5.69 Å². The molecule has 1 fully saturated rings. The van der Waals surface area contributed by atoms with E-state index in [4.69, 9.17) is 0 Å². The maximum atomic E-state index is 12.9. The van der Waals surface area contributed by atoms with Crippen LogP contribution in [0.25, 0.3) is 5.69 Å². The number of para-hydroxylation sites is 1. The highest BCUT2D eigenvalue weighted by Gasteiger charge is 2.38. The van der Waals surface area contributed by atoms with E-state index >= 15 is 0 Å². The minimum atomic E-state index is -0.871. The quantitative estimate of drug-likeness (QED) is 0.930. The van der Waals surface area contributed by atoms with Gasteiger partial charge < -0.3 is 10.0 Å². The number of benzene rings is 1. The standard InChI is InChI=1S/C20H27N3O2/c1-14-17(15(2)23(21-14)16-9-6-5-7-10-16)13-19(24)22-12-8-11-18(22)20(3,4)25/h5-7,9-10,18,25H,8,11-13H2,1-4H3. The van der Waals surface area contributed by atoms with E-state index in [-0.39, 0.29) is 11.9 Å². The van der Waals surface area contributed by atoms with Gasteiger partial charge in [-0.05, 0) is 52.7 Å². The lowest BCUT2D eigenvalue weighted by atomic mass is 9.96. The van der Waals surface area contributed by atoms with Crippen molar-refractivity contribution in [2.75, 3.05) is 6.54 Å². The molecule has 0 spiro atoms. The fraction of sp³-hybridized carbons (Fsp3) is 0.500. The number of aryl methyl sites for hydroxylation is 1. The molecule has 1 atom stereocenters. The summed E-state index contributed by atoms with van der Waals surface area (Å²) in [7, 11) is 0. The topological polar surface area (TPSA) is 58.4 Å². The lowest BCUT2D eigenvalue weighted by Gasteiger charge is -2.34. The monoisotopic (exact) mass is 341 g/mol. The van der Waals surface area contributed by atoms with Crippen molar-refractivity contribution in [3.63, 3.8) is 0 Å². The van der Waals surface area contributed by atoms with Crippen LogP contribution in [0.5, 0.6) is 0 Å². The lowest BCUT2D eigenvalue weighted by molar-refractivity contribution is -0.135. The highest BCUT2D eigenvalue weighted by molar-refractivity contribution is 5.80. The van der Waals surface area contributed by atoms with Crippen LogP contribution in [-0.2, 0) is 11.2 Å². The van der Waals surface area contributed by atoms with Crippen molar-refractivity contribution in [1.29, 1.82) is 0 Å². The summed E-state index contributed by atoms with van der Waals surface area (Å²) in [4.78, 5) is 14.7. The summed E-state index contributed by atoms with van der Waals surface area (Å²) in [5.74, 6) is 0.0726. The Morgan fingerprint density at radius 1 is 1.28 bits per heavy atom. The Balaban J connectivity index is 1.84. The van der Waals surface area contributed by atoms with Crippen LogP contribution in [0.2, 0.25) is 0 Å².